The molecule has 1 unspecified atom stereocenters. The second kappa shape index (κ2) is 6.77. The first kappa shape index (κ1) is 16.4. The van der Waals surface area contributed by atoms with E-state index < -0.39 is 0 Å². The number of hydrogen-bond donors (Lipinski definition) is 0. The Morgan fingerprint density at radius 3 is 3.07 bits per heavy atom. The van der Waals surface area contributed by atoms with Crippen molar-refractivity contribution >= 4 is 0 Å². The monoisotopic (exact) mass is 366 g/mol. The zero-order valence-electron chi connectivity index (χ0n) is 15.1. The average molecular weight is 366 g/mol. The number of hydrogen-bond acceptors (Lipinski definition) is 6. The first-order valence-corrected chi connectivity index (χ1v) is 9.55. The highest BCUT2D eigenvalue weighted by molar-refractivity contribution is 5.27. The maximum Gasteiger partial charge on any atom is 0.266 e. The lowest BCUT2D eigenvalue weighted by Crippen LogP contribution is -2.37. The number of aromatic nitrogens is 5. The van der Waals surface area contributed by atoms with Crippen LogP contribution in [0.15, 0.2) is 40.2 Å². The number of imidazole rings is 1. The third-order valence-corrected chi connectivity index (χ3v) is 5.64. The molecule has 0 amide bonds. The van der Waals surface area contributed by atoms with Gasteiger partial charge in [0.1, 0.15) is 17.8 Å². The zero-order valence-corrected chi connectivity index (χ0v) is 15.1. The van der Waals surface area contributed by atoms with Crippen LogP contribution in [0.3, 0.4) is 0 Å². The summed E-state index contributed by atoms with van der Waals surface area (Å²) in [4.78, 5) is 18.8. The second-order valence-corrected chi connectivity index (χ2v) is 7.33. The van der Waals surface area contributed by atoms with E-state index in [2.05, 4.69) is 20.1 Å². The van der Waals surface area contributed by atoms with E-state index in [-0.39, 0.29) is 11.6 Å². The Morgan fingerprint density at radius 2 is 2.19 bits per heavy atom. The molecule has 8 nitrogen and oxygen atoms in total. The molecule has 0 radical (unpaired) electrons. The van der Waals surface area contributed by atoms with Crippen molar-refractivity contribution in [2.45, 2.75) is 51.2 Å². The van der Waals surface area contributed by atoms with Gasteiger partial charge in [0, 0.05) is 43.0 Å². The van der Waals surface area contributed by atoms with Crippen molar-refractivity contribution in [3.63, 3.8) is 0 Å². The van der Waals surface area contributed by atoms with Crippen LogP contribution in [-0.2, 0) is 25.9 Å². The van der Waals surface area contributed by atoms with Crippen LogP contribution in [0.2, 0.25) is 0 Å². The molecule has 3 aromatic heterocycles. The second-order valence-electron chi connectivity index (χ2n) is 7.33. The Bertz CT molecular complexity index is 990. The van der Waals surface area contributed by atoms with Gasteiger partial charge in [-0.3, -0.25) is 14.3 Å². The summed E-state index contributed by atoms with van der Waals surface area (Å²) in [5, 5.41) is 8.83. The number of rotatable bonds is 5. The normalized spacial score (nSPS) is 19.6. The number of aryl methyl sites for hydroxylation is 1. The minimum atomic E-state index is -0.0759. The number of likely N-dealkylation sites (tertiary alicyclic amines) is 1. The molecule has 0 aromatic carbocycles. The summed E-state index contributed by atoms with van der Waals surface area (Å²) in [6, 6.07) is 3.58. The summed E-state index contributed by atoms with van der Waals surface area (Å²) < 4.78 is 8.88. The molecule has 3 aromatic rings. The van der Waals surface area contributed by atoms with Crippen LogP contribution in [0.5, 0.6) is 0 Å². The predicted molar refractivity (Wildman–Crippen MR) is 97.6 cm³/mol. The molecule has 1 aliphatic carbocycles. The van der Waals surface area contributed by atoms with Crippen LogP contribution >= 0.6 is 0 Å². The van der Waals surface area contributed by atoms with Gasteiger partial charge in [-0.2, -0.15) is 5.10 Å². The van der Waals surface area contributed by atoms with Gasteiger partial charge >= 0.3 is 0 Å². The van der Waals surface area contributed by atoms with Crippen molar-refractivity contribution in [1.82, 2.24) is 29.4 Å². The van der Waals surface area contributed by atoms with Crippen molar-refractivity contribution in [2.75, 3.05) is 6.54 Å². The lowest BCUT2D eigenvalue weighted by atomic mass is 10.1. The molecular formula is C19H22N6O2. The van der Waals surface area contributed by atoms with Crippen LogP contribution in [0.4, 0.5) is 0 Å². The maximum atomic E-state index is 12.3. The fraction of sp³-hybridized carbons (Fsp3) is 0.474. The Morgan fingerprint density at radius 1 is 1.22 bits per heavy atom. The molecule has 0 spiro atoms. The van der Waals surface area contributed by atoms with Gasteiger partial charge in [0.25, 0.3) is 5.56 Å². The highest BCUT2D eigenvalue weighted by Crippen LogP contribution is 2.28. The summed E-state index contributed by atoms with van der Waals surface area (Å²) in [7, 11) is 0. The molecule has 27 heavy (non-hydrogen) atoms. The molecule has 0 saturated carbocycles. The highest BCUT2D eigenvalue weighted by atomic mass is 16.5. The summed E-state index contributed by atoms with van der Waals surface area (Å²) in [5.74, 6) is 1.76. The van der Waals surface area contributed by atoms with E-state index >= 15 is 0 Å². The lowest BCUT2D eigenvalue weighted by Gasteiger charge is -2.24. The van der Waals surface area contributed by atoms with Crippen LogP contribution in [0, 0.1) is 0 Å². The smallest absolute Gasteiger partial charge is 0.266 e. The maximum absolute atomic E-state index is 12.3. The van der Waals surface area contributed by atoms with E-state index in [4.69, 9.17) is 4.52 Å². The highest BCUT2D eigenvalue weighted by Gasteiger charge is 2.29. The van der Waals surface area contributed by atoms with Crippen molar-refractivity contribution in [1.29, 1.82) is 0 Å². The van der Waals surface area contributed by atoms with Gasteiger partial charge in [0.05, 0.1) is 6.54 Å². The molecule has 0 bridgehead atoms. The molecule has 1 atom stereocenters. The van der Waals surface area contributed by atoms with Crippen LogP contribution in [0.1, 0.15) is 36.3 Å². The van der Waals surface area contributed by atoms with Crippen LogP contribution < -0.4 is 5.56 Å². The first-order valence-electron chi connectivity index (χ1n) is 9.55. The topological polar surface area (TPSA) is 82.0 Å². The van der Waals surface area contributed by atoms with E-state index in [1.54, 1.807) is 33.9 Å². The predicted octanol–water partition coefficient (Wildman–Crippen LogP) is 1.57. The van der Waals surface area contributed by atoms with E-state index in [9.17, 15) is 4.79 Å². The minimum absolute atomic E-state index is 0.0759. The molecule has 1 saturated heterocycles. The van der Waals surface area contributed by atoms with Crippen molar-refractivity contribution in [3.05, 3.63) is 58.2 Å². The van der Waals surface area contributed by atoms with Crippen molar-refractivity contribution in [3.8, 4) is 5.82 Å². The van der Waals surface area contributed by atoms with Gasteiger partial charge in [-0.15, -0.1) is 0 Å². The summed E-state index contributed by atoms with van der Waals surface area (Å²) >= 11 is 0. The summed E-state index contributed by atoms with van der Waals surface area (Å²) in [6.07, 6.45) is 10.6. The van der Waals surface area contributed by atoms with Gasteiger partial charge in [-0.25, -0.2) is 9.67 Å². The molecule has 8 heteroatoms. The quantitative estimate of drug-likeness (QED) is 0.682. The molecule has 1 aliphatic heterocycles. The molecule has 4 heterocycles. The average Bonchev–Trinajstić information content (AvgIpc) is 3.44. The summed E-state index contributed by atoms with van der Waals surface area (Å²) in [5.41, 5.74) is 2.30. The SMILES string of the molecule is O=c1ccc(-n2ccnc2)nn1CC1CCCN1Cc1noc2c1CCC2. The third-order valence-electron chi connectivity index (χ3n) is 5.64. The van der Waals surface area contributed by atoms with Crippen molar-refractivity contribution in [2.24, 2.45) is 0 Å². The van der Waals surface area contributed by atoms with E-state index in [1.807, 2.05) is 6.20 Å². The van der Waals surface area contributed by atoms with Crippen LogP contribution in [-0.4, -0.2) is 42.0 Å². The number of fused-ring (bicyclic) bond motifs is 1. The van der Waals surface area contributed by atoms with Gasteiger partial charge in [-0.1, -0.05) is 5.16 Å². The van der Waals surface area contributed by atoms with Gasteiger partial charge in [0.15, 0.2) is 5.82 Å². The van der Waals surface area contributed by atoms with Crippen LogP contribution in [0.25, 0.3) is 5.82 Å². The molecule has 5 rings (SSSR count). The molecule has 1 fully saturated rings. The molecule has 2 aliphatic rings. The third kappa shape index (κ3) is 3.10. The Hall–Kier alpha value is -2.74. The Kier molecular flexibility index (Phi) is 4.12. The summed E-state index contributed by atoms with van der Waals surface area (Å²) in [6.45, 7) is 2.39. The van der Waals surface area contributed by atoms with Gasteiger partial charge < -0.3 is 4.52 Å². The van der Waals surface area contributed by atoms with Gasteiger partial charge in [-0.05, 0) is 38.3 Å². The Balaban J connectivity index is 1.35. The minimum Gasteiger partial charge on any atom is -0.361 e. The molecule has 140 valence electrons. The fourth-order valence-electron chi connectivity index (χ4n) is 4.21. The van der Waals surface area contributed by atoms with Gasteiger partial charge in [0.2, 0.25) is 0 Å². The first-order chi connectivity index (χ1) is 13.3. The lowest BCUT2D eigenvalue weighted by molar-refractivity contribution is 0.210. The Labute approximate surface area is 156 Å². The molecule has 0 N–H and O–H groups in total. The van der Waals surface area contributed by atoms with Crippen molar-refractivity contribution < 1.29 is 4.52 Å². The largest absolute Gasteiger partial charge is 0.361 e. The van der Waals surface area contributed by atoms with E-state index in [1.165, 1.54) is 5.56 Å². The van der Waals surface area contributed by atoms with E-state index in [0.717, 1.165) is 56.6 Å². The molecular weight excluding hydrogens is 344 g/mol. The zero-order chi connectivity index (χ0) is 18.2. The van der Waals surface area contributed by atoms with E-state index in [0.29, 0.717) is 12.4 Å². The fourth-order valence-corrected chi connectivity index (χ4v) is 4.21. The number of nitrogens with zero attached hydrogens (tertiary/aromatic N) is 6. The standard InChI is InChI=1S/C19H22N6O2/c26-19-7-6-18(24-10-8-20-13-24)21-25(19)11-14-3-2-9-23(14)12-16-15-4-1-5-17(15)27-22-16/h6-8,10,13-14H,1-5,9,11-12H2.